The summed E-state index contributed by atoms with van der Waals surface area (Å²) in [5.74, 6) is 0.851. The lowest BCUT2D eigenvalue weighted by molar-refractivity contribution is 0.0715. The smallest absolute Gasteiger partial charge is 0.289 e. The van der Waals surface area contributed by atoms with Gasteiger partial charge in [-0.25, -0.2) is 4.39 Å². The fraction of sp³-hybridized carbons (Fsp3) is 0.227. The quantitative estimate of drug-likeness (QED) is 0.685. The van der Waals surface area contributed by atoms with Gasteiger partial charge in [-0.15, -0.1) is 0 Å². The Morgan fingerprint density at radius 3 is 2.43 bits per heavy atom. The number of rotatable bonds is 4. The Labute approximate surface area is 162 Å². The molecule has 4 rings (SSSR count). The first kappa shape index (κ1) is 18.1. The molecule has 1 aliphatic heterocycles. The summed E-state index contributed by atoms with van der Waals surface area (Å²) in [6.45, 7) is 2.55. The molecule has 0 N–H and O–H groups in total. The molecule has 0 atom stereocenters. The number of amides is 1. The number of benzene rings is 2. The van der Waals surface area contributed by atoms with E-state index < -0.39 is 0 Å². The van der Waals surface area contributed by atoms with E-state index in [9.17, 15) is 9.18 Å². The van der Waals surface area contributed by atoms with Crippen LogP contribution >= 0.6 is 0 Å². The van der Waals surface area contributed by atoms with Crippen LogP contribution in [0.25, 0.3) is 11.3 Å². The van der Waals surface area contributed by atoms with Gasteiger partial charge in [0.15, 0.2) is 5.76 Å². The van der Waals surface area contributed by atoms with Gasteiger partial charge in [0.25, 0.3) is 5.91 Å². The molecule has 0 saturated carbocycles. The lowest BCUT2D eigenvalue weighted by atomic mass is 10.1. The number of furan rings is 1. The highest BCUT2D eigenvalue weighted by molar-refractivity contribution is 5.92. The summed E-state index contributed by atoms with van der Waals surface area (Å²) >= 11 is 0. The predicted molar refractivity (Wildman–Crippen MR) is 105 cm³/mol. The van der Waals surface area contributed by atoms with Crippen molar-refractivity contribution in [1.29, 1.82) is 0 Å². The maximum Gasteiger partial charge on any atom is 0.289 e. The molecule has 0 radical (unpaired) electrons. The summed E-state index contributed by atoms with van der Waals surface area (Å²) in [7, 11) is 1.66. The van der Waals surface area contributed by atoms with Gasteiger partial charge < -0.3 is 19.0 Å². The van der Waals surface area contributed by atoms with Crippen LogP contribution < -0.4 is 9.64 Å². The van der Waals surface area contributed by atoms with Crippen molar-refractivity contribution < 1.29 is 18.3 Å². The normalized spacial score (nSPS) is 14.2. The molecule has 3 aromatic rings. The number of nitrogens with zero attached hydrogens (tertiary/aromatic N) is 2. The molecule has 2 heterocycles. The number of carbonyl (C=O) groups is 1. The van der Waals surface area contributed by atoms with Crippen LogP contribution in [0, 0.1) is 5.82 Å². The zero-order valence-corrected chi connectivity index (χ0v) is 15.6. The molecular weight excluding hydrogens is 359 g/mol. The highest BCUT2D eigenvalue weighted by Crippen LogP contribution is 2.29. The number of piperazine rings is 1. The number of hydrogen-bond donors (Lipinski definition) is 0. The van der Waals surface area contributed by atoms with Crippen molar-refractivity contribution in [2.24, 2.45) is 0 Å². The summed E-state index contributed by atoms with van der Waals surface area (Å²) in [5, 5.41) is 0. The van der Waals surface area contributed by atoms with Crippen LogP contribution in [0.2, 0.25) is 0 Å². The lowest BCUT2D eigenvalue weighted by Gasteiger charge is -2.36. The number of ether oxygens (including phenoxy) is 1. The van der Waals surface area contributed by atoms with E-state index in [1.807, 2.05) is 24.3 Å². The Morgan fingerprint density at radius 2 is 1.68 bits per heavy atom. The van der Waals surface area contributed by atoms with E-state index in [0.717, 1.165) is 11.4 Å². The Kier molecular flexibility index (Phi) is 5.02. The Hall–Kier alpha value is -3.28. The molecule has 1 aromatic heterocycles. The molecule has 1 fully saturated rings. The van der Waals surface area contributed by atoms with Crippen molar-refractivity contribution in [3.8, 4) is 17.1 Å². The van der Waals surface area contributed by atoms with Gasteiger partial charge in [-0.2, -0.15) is 0 Å². The summed E-state index contributed by atoms with van der Waals surface area (Å²) < 4.78 is 25.0. The third-order valence-corrected chi connectivity index (χ3v) is 4.95. The zero-order chi connectivity index (χ0) is 19.5. The first-order valence-electron chi connectivity index (χ1n) is 9.19. The first-order valence-corrected chi connectivity index (χ1v) is 9.19. The Bertz CT molecular complexity index is 977. The summed E-state index contributed by atoms with van der Waals surface area (Å²) in [6.07, 6.45) is 0. The molecule has 6 heteroatoms. The summed E-state index contributed by atoms with van der Waals surface area (Å²) in [6, 6.07) is 17.5. The molecule has 28 heavy (non-hydrogen) atoms. The topological polar surface area (TPSA) is 45.9 Å². The SMILES string of the molecule is COc1ccccc1N1CCN(C(=O)c2ccc(-c3ccccc3F)o2)CC1. The van der Waals surface area contributed by atoms with Gasteiger partial charge in [0, 0.05) is 26.2 Å². The van der Waals surface area contributed by atoms with Crippen LogP contribution in [0.4, 0.5) is 10.1 Å². The highest BCUT2D eigenvalue weighted by atomic mass is 19.1. The number of anilines is 1. The molecule has 0 aliphatic carbocycles. The van der Waals surface area contributed by atoms with Gasteiger partial charge in [-0.05, 0) is 36.4 Å². The van der Waals surface area contributed by atoms with Crippen molar-refractivity contribution >= 4 is 11.6 Å². The van der Waals surface area contributed by atoms with Gasteiger partial charge in [-0.3, -0.25) is 4.79 Å². The molecule has 1 amide bonds. The van der Waals surface area contributed by atoms with E-state index in [2.05, 4.69) is 4.90 Å². The number of methoxy groups -OCH3 is 1. The van der Waals surface area contributed by atoms with E-state index >= 15 is 0 Å². The summed E-state index contributed by atoms with van der Waals surface area (Å²) in [5.41, 5.74) is 1.37. The van der Waals surface area contributed by atoms with Gasteiger partial charge in [-0.1, -0.05) is 24.3 Å². The van der Waals surface area contributed by atoms with Crippen LogP contribution in [0.1, 0.15) is 10.6 Å². The van der Waals surface area contributed by atoms with Crippen LogP contribution in [0.3, 0.4) is 0 Å². The van der Waals surface area contributed by atoms with E-state index in [4.69, 9.17) is 9.15 Å². The van der Waals surface area contributed by atoms with Crippen molar-refractivity contribution in [2.45, 2.75) is 0 Å². The van der Waals surface area contributed by atoms with Crippen molar-refractivity contribution in [1.82, 2.24) is 4.90 Å². The monoisotopic (exact) mass is 380 g/mol. The second kappa shape index (κ2) is 7.76. The van der Waals surface area contributed by atoms with Gasteiger partial charge >= 0.3 is 0 Å². The molecule has 1 aliphatic rings. The third-order valence-electron chi connectivity index (χ3n) is 4.95. The van der Waals surface area contributed by atoms with E-state index in [-0.39, 0.29) is 17.5 Å². The molecule has 0 bridgehead atoms. The average molecular weight is 380 g/mol. The van der Waals surface area contributed by atoms with E-state index in [1.165, 1.54) is 6.07 Å². The summed E-state index contributed by atoms with van der Waals surface area (Å²) in [4.78, 5) is 16.8. The number of para-hydroxylation sites is 2. The minimum absolute atomic E-state index is 0.178. The van der Waals surface area contributed by atoms with Crippen LogP contribution in [0.5, 0.6) is 5.75 Å². The van der Waals surface area contributed by atoms with Crippen molar-refractivity contribution in [3.05, 3.63) is 72.2 Å². The lowest BCUT2D eigenvalue weighted by Crippen LogP contribution is -2.48. The largest absolute Gasteiger partial charge is 0.495 e. The van der Waals surface area contributed by atoms with E-state index in [0.29, 0.717) is 37.5 Å². The van der Waals surface area contributed by atoms with Gasteiger partial charge in [0.1, 0.15) is 17.3 Å². The fourth-order valence-corrected chi connectivity index (χ4v) is 3.46. The number of halogens is 1. The van der Waals surface area contributed by atoms with Crippen LogP contribution in [0.15, 0.2) is 65.1 Å². The second-order valence-corrected chi connectivity index (χ2v) is 6.59. The average Bonchev–Trinajstić information content (AvgIpc) is 3.23. The van der Waals surface area contributed by atoms with Crippen molar-refractivity contribution in [3.63, 3.8) is 0 Å². The molecular formula is C22H21FN2O3. The van der Waals surface area contributed by atoms with E-state index in [1.54, 1.807) is 42.3 Å². The van der Waals surface area contributed by atoms with Crippen LogP contribution in [-0.2, 0) is 0 Å². The maximum atomic E-state index is 13.9. The number of hydrogen-bond acceptors (Lipinski definition) is 4. The van der Waals surface area contributed by atoms with Crippen LogP contribution in [-0.4, -0.2) is 44.1 Å². The zero-order valence-electron chi connectivity index (χ0n) is 15.6. The molecule has 5 nitrogen and oxygen atoms in total. The minimum Gasteiger partial charge on any atom is -0.495 e. The highest BCUT2D eigenvalue weighted by Gasteiger charge is 2.25. The molecule has 0 unspecified atom stereocenters. The molecule has 1 saturated heterocycles. The van der Waals surface area contributed by atoms with Gasteiger partial charge in [0.05, 0.1) is 18.4 Å². The standard InChI is InChI=1S/C22H21FN2O3/c1-27-20-9-5-4-8-18(20)24-12-14-25(15-13-24)22(26)21-11-10-19(28-21)16-6-2-3-7-17(16)23/h2-11H,12-15H2,1H3. The Morgan fingerprint density at radius 1 is 0.964 bits per heavy atom. The third kappa shape index (κ3) is 3.45. The second-order valence-electron chi connectivity index (χ2n) is 6.59. The molecule has 2 aromatic carbocycles. The molecule has 144 valence electrons. The molecule has 0 spiro atoms. The van der Waals surface area contributed by atoms with Gasteiger partial charge in [0.2, 0.25) is 0 Å². The van der Waals surface area contributed by atoms with Crippen molar-refractivity contribution in [2.75, 3.05) is 38.2 Å². The minimum atomic E-state index is -0.374. The maximum absolute atomic E-state index is 13.9. The fourth-order valence-electron chi connectivity index (χ4n) is 3.46. The number of carbonyl (C=O) groups excluding carboxylic acids is 1. The Balaban J connectivity index is 1.44. The first-order chi connectivity index (χ1) is 13.7. The predicted octanol–water partition coefficient (Wildman–Crippen LogP) is 4.06.